The molecule has 1 aromatic carbocycles. The molecule has 0 amide bonds. The summed E-state index contributed by atoms with van der Waals surface area (Å²) in [6.07, 6.45) is 4.10. The fourth-order valence-electron chi connectivity index (χ4n) is 2.57. The molecule has 1 aliphatic rings. The number of benzene rings is 1. The molecular formula is C16H20ClN5. The van der Waals surface area contributed by atoms with Crippen LogP contribution in [0.3, 0.4) is 0 Å². The van der Waals surface area contributed by atoms with E-state index in [0.29, 0.717) is 6.54 Å². The Kier molecular flexibility index (Phi) is 4.34. The smallest absolute Gasteiger partial charge is 0.191 e. The normalized spacial score (nSPS) is 16.4. The zero-order chi connectivity index (χ0) is 15.4. The molecule has 1 heterocycles. The van der Waals surface area contributed by atoms with Crippen molar-refractivity contribution in [2.45, 2.75) is 24.8 Å². The van der Waals surface area contributed by atoms with Crippen LogP contribution in [0.4, 0.5) is 0 Å². The molecule has 22 heavy (non-hydrogen) atoms. The number of nitrogens with one attached hydrogen (secondary N) is 3. The molecule has 0 radical (unpaired) electrons. The SMILES string of the molecule is CN=C(NCc1ccn[nH]1)NCC1(c2cccc(Cl)c2)CC1. The predicted octanol–water partition coefficient (Wildman–Crippen LogP) is 2.46. The van der Waals surface area contributed by atoms with Gasteiger partial charge in [0.15, 0.2) is 5.96 Å². The number of guanidine groups is 1. The molecule has 0 unspecified atom stereocenters. The van der Waals surface area contributed by atoms with Gasteiger partial charge in [0, 0.05) is 30.2 Å². The number of halogens is 1. The molecule has 0 bridgehead atoms. The molecule has 2 aromatic rings. The Morgan fingerprint density at radius 2 is 2.23 bits per heavy atom. The van der Waals surface area contributed by atoms with E-state index in [9.17, 15) is 0 Å². The quantitative estimate of drug-likeness (QED) is 0.586. The molecule has 1 aromatic heterocycles. The van der Waals surface area contributed by atoms with Crippen LogP contribution in [0.25, 0.3) is 0 Å². The van der Waals surface area contributed by atoms with Crippen LogP contribution < -0.4 is 10.6 Å². The molecule has 0 saturated heterocycles. The maximum atomic E-state index is 6.11. The first-order valence-electron chi connectivity index (χ1n) is 7.41. The second-order valence-electron chi connectivity index (χ2n) is 5.65. The van der Waals surface area contributed by atoms with E-state index in [1.165, 1.54) is 18.4 Å². The number of hydrogen-bond acceptors (Lipinski definition) is 2. The van der Waals surface area contributed by atoms with Gasteiger partial charge in [-0.2, -0.15) is 5.10 Å². The van der Waals surface area contributed by atoms with Crippen molar-refractivity contribution in [2.75, 3.05) is 13.6 Å². The number of aromatic nitrogens is 2. The maximum absolute atomic E-state index is 6.11. The van der Waals surface area contributed by atoms with E-state index in [4.69, 9.17) is 11.6 Å². The van der Waals surface area contributed by atoms with E-state index in [0.717, 1.165) is 23.2 Å². The van der Waals surface area contributed by atoms with E-state index in [-0.39, 0.29) is 5.41 Å². The first-order valence-corrected chi connectivity index (χ1v) is 7.78. The lowest BCUT2D eigenvalue weighted by Crippen LogP contribution is -2.40. The number of nitrogens with zero attached hydrogens (tertiary/aromatic N) is 2. The predicted molar refractivity (Wildman–Crippen MR) is 89.2 cm³/mol. The van der Waals surface area contributed by atoms with Crippen LogP contribution >= 0.6 is 11.6 Å². The van der Waals surface area contributed by atoms with E-state index in [2.05, 4.69) is 38.0 Å². The summed E-state index contributed by atoms with van der Waals surface area (Å²) in [7, 11) is 1.78. The second kappa shape index (κ2) is 6.40. The van der Waals surface area contributed by atoms with Crippen molar-refractivity contribution in [2.24, 2.45) is 4.99 Å². The third-order valence-electron chi connectivity index (χ3n) is 4.11. The fraction of sp³-hybridized carbons (Fsp3) is 0.375. The van der Waals surface area contributed by atoms with E-state index < -0.39 is 0 Å². The molecule has 1 saturated carbocycles. The van der Waals surface area contributed by atoms with Crippen molar-refractivity contribution in [3.05, 3.63) is 52.8 Å². The molecule has 0 atom stereocenters. The minimum Gasteiger partial charge on any atom is -0.356 e. The third-order valence-corrected chi connectivity index (χ3v) is 4.35. The molecule has 0 spiro atoms. The van der Waals surface area contributed by atoms with E-state index in [1.807, 2.05) is 18.2 Å². The Labute approximate surface area is 135 Å². The van der Waals surface area contributed by atoms with Gasteiger partial charge in [0.1, 0.15) is 0 Å². The Hall–Kier alpha value is -2.01. The van der Waals surface area contributed by atoms with Crippen molar-refractivity contribution in [1.29, 1.82) is 0 Å². The van der Waals surface area contributed by atoms with E-state index in [1.54, 1.807) is 13.2 Å². The highest BCUT2D eigenvalue weighted by Crippen LogP contribution is 2.48. The van der Waals surface area contributed by atoms with Crippen molar-refractivity contribution >= 4 is 17.6 Å². The van der Waals surface area contributed by atoms with Crippen molar-refractivity contribution < 1.29 is 0 Å². The Balaban J connectivity index is 1.56. The van der Waals surface area contributed by atoms with Gasteiger partial charge in [-0.3, -0.25) is 10.1 Å². The van der Waals surface area contributed by atoms with Gasteiger partial charge < -0.3 is 10.6 Å². The summed E-state index contributed by atoms with van der Waals surface area (Å²) in [5.74, 6) is 0.794. The average molecular weight is 318 g/mol. The minimum atomic E-state index is 0.191. The summed E-state index contributed by atoms with van der Waals surface area (Å²) < 4.78 is 0. The summed E-state index contributed by atoms with van der Waals surface area (Å²) in [6, 6.07) is 10.1. The van der Waals surface area contributed by atoms with Gasteiger partial charge in [0.05, 0.1) is 12.2 Å². The molecule has 3 N–H and O–H groups in total. The van der Waals surface area contributed by atoms with Crippen LogP contribution in [0.1, 0.15) is 24.1 Å². The van der Waals surface area contributed by atoms with Crippen molar-refractivity contribution in [1.82, 2.24) is 20.8 Å². The van der Waals surface area contributed by atoms with E-state index >= 15 is 0 Å². The Bertz CT molecular complexity index is 646. The third kappa shape index (κ3) is 3.42. The standard InChI is InChI=1S/C16H20ClN5/c1-18-15(19-10-14-5-8-21-22-14)20-11-16(6-7-16)12-3-2-4-13(17)9-12/h2-5,8-9H,6-7,10-11H2,1H3,(H,21,22)(H2,18,19,20). The maximum Gasteiger partial charge on any atom is 0.191 e. The number of hydrogen-bond donors (Lipinski definition) is 3. The van der Waals surface area contributed by atoms with Gasteiger partial charge in [0.2, 0.25) is 0 Å². The summed E-state index contributed by atoms with van der Waals surface area (Å²) in [5.41, 5.74) is 2.52. The molecule has 5 nitrogen and oxygen atoms in total. The lowest BCUT2D eigenvalue weighted by Gasteiger charge is -2.19. The van der Waals surface area contributed by atoms with Gasteiger partial charge in [-0.25, -0.2) is 0 Å². The fourth-order valence-corrected chi connectivity index (χ4v) is 2.76. The lowest BCUT2D eigenvalue weighted by molar-refractivity contribution is 0.644. The van der Waals surface area contributed by atoms with Crippen LogP contribution in [0, 0.1) is 0 Å². The number of rotatable bonds is 5. The molecule has 0 aliphatic heterocycles. The number of H-pyrrole nitrogens is 1. The molecule has 1 aliphatic carbocycles. The summed E-state index contributed by atoms with van der Waals surface area (Å²) >= 11 is 6.11. The highest BCUT2D eigenvalue weighted by molar-refractivity contribution is 6.30. The molecular weight excluding hydrogens is 298 g/mol. The zero-order valence-electron chi connectivity index (χ0n) is 12.6. The van der Waals surface area contributed by atoms with Crippen LogP contribution in [0.15, 0.2) is 41.5 Å². The number of aromatic amines is 1. The van der Waals surface area contributed by atoms with Crippen LogP contribution in [-0.2, 0) is 12.0 Å². The van der Waals surface area contributed by atoms with Gasteiger partial charge >= 0.3 is 0 Å². The largest absolute Gasteiger partial charge is 0.356 e. The van der Waals surface area contributed by atoms with Gasteiger partial charge in [-0.15, -0.1) is 0 Å². The first kappa shape index (κ1) is 14.9. The molecule has 6 heteroatoms. The van der Waals surface area contributed by atoms with Gasteiger partial charge in [-0.1, -0.05) is 23.7 Å². The number of aliphatic imine (C=N–C) groups is 1. The monoisotopic (exact) mass is 317 g/mol. The average Bonchev–Trinajstić information content (AvgIpc) is 3.14. The zero-order valence-corrected chi connectivity index (χ0v) is 13.3. The Morgan fingerprint density at radius 1 is 1.36 bits per heavy atom. The Morgan fingerprint density at radius 3 is 2.86 bits per heavy atom. The summed E-state index contributed by atoms with van der Waals surface area (Å²) in [6.45, 7) is 1.53. The molecule has 1 fully saturated rings. The van der Waals surface area contributed by atoms with Crippen molar-refractivity contribution in [3.8, 4) is 0 Å². The molecule has 116 valence electrons. The highest BCUT2D eigenvalue weighted by atomic mass is 35.5. The highest BCUT2D eigenvalue weighted by Gasteiger charge is 2.44. The van der Waals surface area contributed by atoms with Gasteiger partial charge in [0.25, 0.3) is 0 Å². The minimum absolute atomic E-state index is 0.191. The van der Waals surface area contributed by atoms with Crippen LogP contribution in [0.2, 0.25) is 5.02 Å². The second-order valence-corrected chi connectivity index (χ2v) is 6.09. The summed E-state index contributed by atoms with van der Waals surface area (Å²) in [5, 5.41) is 14.3. The van der Waals surface area contributed by atoms with Gasteiger partial charge in [-0.05, 0) is 36.6 Å². The first-order chi connectivity index (χ1) is 10.7. The lowest BCUT2D eigenvalue weighted by atomic mass is 9.96. The van der Waals surface area contributed by atoms with Crippen LogP contribution in [-0.4, -0.2) is 29.7 Å². The van der Waals surface area contributed by atoms with Crippen LogP contribution in [0.5, 0.6) is 0 Å². The topological polar surface area (TPSA) is 65.1 Å². The summed E-state index contributed by atoms with van der Waals surface area (Å²) in [4.78, 5) is 4.26. The van der Waals surface area contributed by atoms with Crippen molar-refractivity contribution in [3.63, 3.8) is 0 Å². The molecule has 3 rings (SSSR count).